The molecule has 12 heteroatoms. The molecular weight excluding hydrogens is 458 g/mol. The third kappa shape index (κ3) is 3.81. The van der Waals surface area contributed by atoms with Crippen molar-refractivity contribution < 1.29 is 31.8 Å². The first-order valence-corrected chi connectivity index (χ1v) is 9.65. The van der Waals surface area contributed by atoms with Crippen LogP contribution in [-0.4, -0.2) is 35.9 Å². The van der Waals surface area contributed by atoms with Crippen molar-refractivity contribution in [2.75, 3.05) is 26.6 Å². The maximum atomic E-state index is 13.8. The second kappa shape index (κ2) is 8.51. The van der Waals surface area contributed by atoms with E-state index in [-0.39, 0.29) is 17.1 Å². The van der Waals surface area contributed by atoms with Gasteiger partial charge < -0.3 is 24.5 Å². The summed E-state index contributed by atoms with van der Waals surface area (Å²) in [6.45, 7) is 0. The number of ether oxygens (including phenoxy) is 3. The van der Waals surface area contributed by atoms with Gasteiger partial charge in [0.25, 0.3) is 0 Å². The largest absolute Gasteiger partial charge is 0.493 e. The second-order valence-electron chi connectivity index (χ2n) is 7.01. The molecule has 0 saturated carbocycles. The molecule has 2 aromatic heterocycles. The van der Waals surface area contributed by atoms with Gasteiger partial charge in [-0.3, -0.25) is 0 Å². The van der Waals surface area contributed by atoms with E-state index in [2.05, 4.69) is 15.4 Å². The maximum Gasteiger partial charge on any atom is 0.419 e. The highest BCUT2D eigenvalue weighted by atomic mass is 19.4. The number of alkyl halides is 3. The highest BCUT2D eigenvalue weighted by molar-refractivity contribution is 5.83. The van der Waals surface area contributed by atoms with Gasteiger partial charge in [-0.15, -0.1) is 0 Å². The fraction of sp³-hybridized carbons (Fsp3) is 0.182. The molecule has 4 aromatic rings. The summed E-state index contributed by atoms with van der Waals surface area (Å²) in [5, 5.41) is 16.4. The van der Waals surface area contributed by atoms with Crippen LogP contribution in [0.25, 0.3) is 16.9 Å². The zero-order valence-corrected chi connectivity index (χ0v) is 18.0. The van der Waals surface area contributed by atoms with E-state index >= 15 is 0 Å². The Hall–Kier alpha value is -4.40. The number of imidazole rings is 1. The lowest BCUT2D eigenvalue weighted by molar-refractivity contribution is -0.139. The Morgan fingerprint density at radius 2 is 1.74 bits per heavy atom. The Morgan fingerprint density at radius 3 is 2.29 bits per heavy atom. The van der Waals surface area contributed by atoms with E-state index in [4.69, 9.17) is 14.2 Å². The molecule has 4 rings (SSSR count). The fourth-order valence-corrected chi connectivity index (χ4v) is 3.51. The molecule has 0 aliphatic rings. The number of nitrogens with one attached hydrogen (secondary N) is 2. The zero-order chi connectivity index (χ0) is 24.6. The number of H-pyrrole nitrogens is 1. The van der Waals surface area contributed by atoms with E-state index in [0.717, 1.165) is 12.1 Å². The first kappa shape index (κ1) is 22.8. The molecule has 0 saturated heterocycles. The molecular formula is C22H17F4N5O3. The van der Waals surface area contributed by atoms with Crippen LogP contribution in [0.1, 0.15) is 11.1 Å². The molecule has 2 N–H and O–H groups in total. The van der Waals surface area contributed by atoms with Crippen LogP contribution in [0.15, 0.2) is 36.5 Å². The standard InChI is InChI=1S/C22H17F4N5O3/c1-32-16-6-11(7-17(33-2)19(16)34-3)18-21(31-20(30-18)12(9-27)10-28-31)29-13-4-5-15(23)14(8-13)22(24,25)26/h4-8,10,29-30H,1-3H3. The molecule has 8 nitrogen and oxygen atoms in total. The predicted octanol–water partition coefficient (Wildman–Crippen LogP) is 5.13. The molecule has 0 aliphatic carbocycles. The number of methoxy groups -OCH3 is 3. The third-order valence-corrected chi connectivity index (χ3v) is 5.07. The van der Waals surface area contributed by atoms with E-state index in [9.17, 15) is 22.8 Å². The topological polar surface area (TPSA) is 96.6 Å². The van der Waals surface area contributed by atoms with E-state index in [1.54, 1.807) is 12.1 Å². The summed E-state index contributed by atoms with van der Waals surface area (Å²) >= 11 is 0. The van der Waals surface area contributed by atoms with E-state index in [1.165, 1.54) is 32.0 Å². The van der Waals surface area contributed by atoms with Crippen LogP contribution in [0.5, 0.6) is 17.2 Å². The average Bonchev–Trinajstić information content (AvgIpc) is 3.38. The number of hydrogen-bond donors (Lipinski definition) is 2. The van der Waals surface area contributed by atoms with Crippen molar-refractivity contribution in [2.24, 2.45) is 0 Å². The Bertz CT molecular complexity index is 1390. The van der Waals surface area contributed by atoms with Crippen LogP contribution in [0, 0.1) is 17.1 Å². The highest BCUT2D eigenvalue weighted by Gasteiger charge is 2.34. The lowest BCUT2D eigenvalue weighted by Crippen LogP contribution is -2.09. The quantitative estimate of drug-likeness (QED) is 0.376. The summed E-state index contributed by atoms with van der Waals surface area (Å²) in [6, 6.07) is 7.78. The molecule has 0 aliphatic heterocycles. The zero-order valence-electron chi connectivity index (χ0n) is 18.0. The number of aromatic nitrogens is 3. The molecule has 2 heterocycles. The van der Waals surface area contributed by atoms with Gasteiger partial charge in [0.2, 0.25) is 5.75 Å². The molecule has 34 heavy (non-hydrogen) atoms. The number of nitrogens with zero attached hydrogens (tertiary/aromatic N) is 3. The van der Waals surface area contributed by atoms with Crippen molar-refractivity contribution in [1.82, 2.24) is 14.6 Å². The Balaban J connectivity index is 1.93. The minimum atomic E-state index is -4.88. The Morgan fingerprint density at radius 1 is 1.06 bits per heavy atom. The van der Waals surface area contributed by atoms with Crippen molar-refractivity contribution in [3.05, 3.63) is 53.5 Å². The maximum absolute atomic E-state index is 13.8. The summed E-state index contributed by atoms with van der Waals surface area (Å²) in [4.78, 5) is 3.06. The van der Waals surface area contributed by atoms with E-state index < -0.39 is 17.6 Å². The van der Waals surface area contributed by atoms with Gasteiger partial charge in [-0.05, 0) is 30.3 Å². The van der Waals surface area contributed by atoms with Crippen LogP contribution >= 0.6 is 0 Å². The number of nitriles is 1. The molecule has 0 fully saturated rings. The van der Waals surface area contributed by atoms with E-state index in [0.29, 0.717) is 40.2 Å². The summed E-state index contributed by atoms with van der Waals surface area (Å²) in [6.07, 6.45) is -3.57. The van der Waals surface area contributed by atoms with Crippen molar-refractivity contribution >= 4 is 17.2 Å². The number of fused-ring (bicyclic) bond motifs is 1. The van der Waals surface area contributed by atoms with Crippen LogP contribution in [0.4, 0.5) is 29.1 Å². The lowest BCUT2D eigenvalue weighted by Gasteiger charge is -2.15. The number of hydrogen-bond acceptors (Lipinski definition) is 6. The van der Waals surface area contributed by atoms with Gasteiger partial charge in [0, 0.05) is 11.3 Å². The number of halogens is 4. The third-order valence-electron chi connectivity index (χ3n) is 5.07. The van der Waals surface area contributed by atoms with Gasteiger partial charge in [-0.2, -0.15) is 28.0 Å². The number of rotatable bonds is 6. The fourth-order valence-electron chi connectivity index (χ4n) is 3.51. The summed E-state index contributed by atoms with van der Waals surface area (Å²) in [7, 11) is 4.32. The monoisotopic (exact) mass is 475 g/mol. The highest BCUT2D eigenvalue weighted by Crippen LogP contribution is 2.43. The van der Waals surface area contributed by atoms with Crippen LogP contribution < -0.4 is 19.5 Å². The smallest absolute Gasteiger partial charge is 0.419 e. The lowest BCUT2D eigenvalue weighted by atomic mass is 10.1. The summed E-state index contributed by atoms with van der Waals surface area (Å²) < 4.78 is 70.9. The molecule has 0 spiro atoms. The summed E-state index contributed by atoms with van der Waals surface area (Å²) in [5.41, 5.74) is -0.112. The second-order valence-corrected chi connectivity index (χ2v) is 7.01. The number of anilines is 2. The normalized spacial score (nSPS) is 11.4. The van der Waals surface area contributed by atoms with Gasteiger partial charge in [-0.1, -0.05) is 0 Å². The molecule has 0 amide bonds. The first-order valence-electron chi connectivity index (χ1n) is 9.65. The van der Waals surface area contributed by atoms with Gasteiger partial charge in [0.1, 0.15) is 17.4 Å². The molecule has 0 atom stereocenters. The Kier molecular flexibility index (Phi) is 5.70. The molecule has 176 valence electrons. The molecule has 0 radical (unpaired) electrons. The van der Waals surface area contributed by atoms with Crippen LogP contribution in [-0.2, 0) is 6.18 Å². The Labute approximate surface area is 190 Å². The van der Waals surface area contributed by atoms with Crippen molar-refractivity contribution in [1.29, 1.82) is 5.26 Å². The van der Waals surface area contributed by atoms with Crippen LogP contribution in [0.2, 0.25) is 0 Å². The molecule has 0 bridgehead atoms. The van der Waals surface area contributed by atoms with Crippen LogP contribution in [0.3, 0.4) is 0 Å². The minimum Gasteiger partial charge on any atom is -0.493 e. The van der Waals surface area contributed by atoms with Gasteiger partial charge in [0.15, 0.2) is 23.0 Å². The number of benzene rings is 2. The van der Waals surface area contributed by atoms with Gasteiger partial charge in [-0.25, -0.2) is 4.39 Å². The van der Waals surface area contributed by atoms with Crippen molar-refractivity contribution in [3.8, 4) is 34.6 Å². The average molecular weight is 475 g/mol. The first-order chi connectivity index (χ1) is 16.2. The van der Waals surface area contributed by atoms with Gasteiger partial charge >= 0.3 is 6.18 Å². The predicted molar refractivity (Wildman–Crippen MR) is 114 cm³/mol. The molecule has 0 unspecified atom stereocenters. The van der Waals surface area contributed by atoms with Gasteiger partial charge in [0.05, 0.1) is 38.8 Å². The SMILES string of the molecule is COc1cc(-c2[nH]c3c(C#N)cnn3c2Nc2ccc(F)c(C(F)(F)F)c2)cc(OC)c1OC. The van der Waals surface area contributed by atoms with Crippen molar-refractivity contribution in [3.63, 3.8) is 0 Å². The minimum absolute atomic E-state index is 0.0441. The number of aromatic amines is 1. The molecule has 2 aromatic carbocycles. The van der Waals surface area contributed by atoms with E-state index in [1.807, 2.05) is 6.07 Å². The summed E-state index contributed by atoms with van der Waals surface area (Å²) in [5.74, 6) is -0.197. The van der Waals surface area contributed by atoms with Crippen molar-refractivity contribution in [2.45, 2.75) is 6.18 Å².